The van der Waals surface area contributed by atoms with E-state index in [1.54, 1.807) is 47.6 Å². The number of nitrogens with one attached hydrogen (secondary N) is 1. The summed E-state index contributed by atoms with van der Waals surface area (Å²) in [5.74, 6) is -0.728. The summed E-state index contributed by atoms with van der Waals surface area (Å²) >= 11 is 0. The molecule has 1 aliphatic heterocycles. The summed E-state index contributed by atoms with van der Waals surface area (Å²) in [4.78, 5) is 37.1. The average Bonchev–Trinajstić information content (AvgIpc) is 2.92. The molecule has 0 aliphatic carbocycles. The maximum atomic E-state index is 13.4. The number of amides is 2. The third kappa shape index (κ3) is 5.22. The zero-order valence-corrected chi connectivity index (χ0v) is 21.1. The molecule has 2 heterocycles. The molecule has 1 N–H and O–H groups in total. The highest BCUT2D eigenvalue weighted by Crippen LogP contribution is 2.29. The molecule has 9 heteroatoms. The van der Waals surface area contributed by atoms with E-state index in [1.807, 2.05) is 30.3 Å². The number of benzene rings is 3. The maximum absolute atomic E-state index is 13.4. The molecule has 1 aromatic heterocycles. The van der Waals surface area contributed by atoms with E-state index in [2.05, 4.69) is 15.3 Å². The number of rotatable bonds is 5. The Morgan fingerprint density at radius 1 is 0.919 bits per heavy atom. The van der Waals surface area contributed by atoms with Crippen LogP contribution in [0.15, 0.2) is 90.1 Å². The minimum absolute atomic E-state index is 0.00391. The van der Waals surface area contributed by atoms with Gasteiger partial charge in [-0.15, -0.1) is 0 Å². The van der Waals surface area contributed by atoms with Gasteiger partial charge in [-0.3, -0.25) is 19.6 Å². The van der Waals surface area contributed by atoms with Crippen LogP contribution in [-0.2, 0) is 9.84 Å². The van der Waals surface area contributed by atoms with Gasteiger partial charge < -0.3 is 10.2 Å². The Bertz CT molecular complexity index is 1570. The van der Waals surface area contributed by atoms with Crippen LogP contribution in [0.2, 0.25) is 0 Å². The smallest absolute Gasteiger partial charge is 0.253 e. The van der Waals surface area contributed by atoms with Gasteiger partial charge in [0.15, 0.2) is 9.84 Å². The van der Waals surface area contributed by atoms with Crippen LogP contribution in [-0.4, -0.2) is 60.5 Å². The highest BCUT2D eigenvalue weighted by molar-refractivity contribution is 7.90. The van der Waals surface area contributed by atoms with Gasteiger partial charge in [0, 0.05) is 49.3 Å². The Balaban J connectivity index is 1.41. The third-order valence-corrected chi connectivity index (χ3v) is 7.85. The van der Waals surface area contributed by atoms with E-state index in [4.69, 9.17) is 0 Å². The number of carbonyl (C=O) groups excluding carboxylic acids is 2. The number of nitrogens with zero attached hydrogens (tertiary/aromatic N) is 3. The predicted octanol–water partition coefficient (Wildman–Crippen LogP) is 3.46. The lowest BCUT2D eigenvalue weighted by Gasteiger charge is -2.39. The molecular weight excluding hydrogens is 488 g/mol. The van der Waals surface area contributed by atoms with Gasteiger partial charge in [-0.2, -0.15) is 0 Å². The summed E-state index contributed by atoms with van der Waals surface area (Å²) in [7, 11) is -3.57. The van der Waals surface area contributed by atoms with Gasteiger partial charge in [-0.1, -0.05) is 42.5 Å². The second-order valence-electron chi connectivity index (χ2n) is 9.17. The summed E-state index contributed by atoms with van der Waals surface area (Å²) in [5.41, 5.74) is 3.01. The number of hydrogen-bond acceptors (Lipinski definition) is 6. The molecule has 8 nitrogen and oxygen atoms in total. The van der Waals surface area contributed by atoms with E-state index in [0.29, 0.717) is 30.6 Å². The zero-order chi connectivity index (χ0) is 26.0. The summed E-state index contributed by atoms with van der Waals surface area (Å²) in [5, 5.41) is 3.06. The molecule has 188 valence electrons. The first kappa shape index (κ1) is 24.6. The lowest BCUT2D eigenvalue weighted by Crippen LogP contribution is -2.51. The number of aromatic nitrogens is 2. The first-order valence-electron chi connectivity index (χ1n) is 12.0. The van der Waals surface area contributed by atoms with Crippen LogP contribution in [0, 0.1) is 0 Å². The van der Waals surface area contributed by atoms with Crippen LogP contribution in [0.4, 0.5) is 0 Å². The summed E-state index contributed by atoms with van der Waals surface area (Å²) < 4.78 is 24.5. The van der Waals surface area contributed by atoms with E-state index in [0.717, 1.165) is 17.3 Å². The van der Waals surface area contributed by atoms with Gasteiger partial charge in [0.1, 0.15) is 0 Å². The molecule has 0 saturated carbocycles. The second-order valence-corrected chi connectivity index (χ2v) is 11.1. The van der Waals surface area contributed by atoms with E-state index >= 15 is 0 Å². The SMILES string of the molecule is CS(=O)(=O)c1ccccc1C(=O)N[C@@H]1CCN(C(=O)c2ccc3nccnc3c2)C[C@@H]1c1ccccc1. The van der Waals surface area contributed by atoms with Gasteiger partial charge in [-0.05, 0) is 42.3 Å². The average molecular weight is 515 g/mol. The summed E-state index contributed by atoms with van der Waals surface area (Å²) in [6.45, 7) is 0.847. The lowest BCUT2D eigenvalue weighted by molar-refractivity contribution is 0.0671. The topological polar surface area (TPSA) is 109 Å². The first-order valence-corrected chi connectivity index (χ1v) is 13.9. The van der Waals surface area contributed by atoms with Crippen molar-refractivity contribution in [3.05, 3.63) is 102 Å². The van der Waals surface area contributed by atoms with Crippen molar-refractivity contribution in [1.82, 2.24) is 20.2 Å². The fourth-order valence-electron chi connectivity index (χ4n) is 4.85. The molecule has 0 radical (unpaired) electrons. The van der Waals surface area contributed by atoms with Gasteiger partial charge in [0.25, 0.3) is 11.8 Å². The second kappa shape index (κ2) is 10.1. The highest BCUT2D eigenvalue weighted by atomic mass is 32.2. The molecule has 37 heavy (non-hydrogen) atoms. The van der Waals surface area contributed by atoms with E-state index in [1.165, 1.54) is 12.1 Å². The van der Waals surface area contributed by atoms with Crippen LogP contribution in [0.1, 0.15) is 38.6 Å². The maximum Gasteiger partial charge on any atom is 0.253 e. The van der Waals surface area contributed by atoms with E-state index in [9.17, 15) is 18.0 Å². The first-order chi connectivity index (χ1) is 17.8. The van der Waals surface area contributed by atoms with Crippen molar-refractivity contribution in [1.29, 1.82) is 0 Å². The minimum atomic E-state index is -3.57. The summed E-state index contributed by atoms with van der Waals surface area (Å²) in [6, 6.07) is 20.9. The standard InChI is InChI=1S/C28H26N4O4S/c1-37(35,36)26-10-6-5-9-21(26)27(33)31-23-13-16-32(18-22(23)19-7-3-2-4-8-19)28(34)20-11-12-24-25(17-20)30-15-14-29-24/h2-12,14-15,17,22-23H,13,16,18H2,1H3,(H,31,33)/t22-,23-/m1/s1. The summed E-state index contributed by atoms with van der Waals surface area (Å²) in [6.07, 6.45) is 4.82. The van der Waals surface area contributed by atoms with Crippen LogP contribution in [0.5, 0.6) is 0 Å². The normalized spacial score (nSPS) is 17.9. The van der Waals surface area contributed by atoms with Crippen molar-refractivity contribution >= 4 is 32.7 Å². The lowest BCUT2D eigenvalue weighted by atomic mass is 9.85. The van der Waals surface area contributed by atoms with Crippen molar-refractivity contribution in [3.8, 4) is 0 Å². The number of piperidine rings is 1. The Kier molecular flexibility index (Phi) is 6.71. The molecule has 1 fully saturated rings. The molecule has 0 spiro atoms. The molecule has 3 aromatic carbocycles. The molecule has 0 unspecified atom stereocenters. The fraction of sp³-hybridized carbons (Fsp3) is 0.214. The Morgan fingerprint density at radius 3 is 2.38 bits per heavy atom. The molecule has 2 atom stereocenters. The predicted molar refractivity (Wildman–Crippen MR) is 140 cm³/mol. The number of likely N-dealkylation sites (tertiary alicyclic amines) is 1. The quantitative estimate of drug-likeness (QED) is 0.437. The largest absolute Gasteiger partial charge is 0.349 e. The Hall–Kier alpha value is -4.11. The Labute approximate surface area is 215 Å². The number of fused-ring (bicyclic) bond motifs is 1. The number of carbonyl (C=O) groups is 2. The highest BCUT2D eigenvalue weighted by Gasteiger charge is 2.34. The number of sulfone groups is 1. The van der Waals surface area contributed by atoms with E-state index in [-0.39, 0.29) is 28.3 Å². The molecule has 1 aliphatic rings. The van der Waals surface area contributed by atoms with Crippen LogP contribution in [0.3, 0.4) is 0 Å². The van der Waals surface area contributed by atoms with Gasteiger partial charge >= 0.3 is 0 Å². The molecule has 1 saturated heterocycles. The van der Waals surface area contributed by atoms with Gasteiger partial charge in [-0.25, -0.2) is 8.42 Å². The molecule has 2 amide bonds. The van der Waals surface area contributed by atoms with Gasteiger partial charge in [0.05, 0.1) is 21.5 Å². The zero-order valence-electron chi connectivity index (χ0n) is 20.2. The van der Waals surface area contributed by atoms with Crippen molar-refractivity contribution in [2.45, 2.75) is 23.3 Å². The van der Waals surface area contributed by atoms with Crippen molar-refractivity contribution in [2.24, 2.45) is 0 Å². The van der Waals surface area contributed by atoms with Gasteiger partial charge in [0.2, 0.25) is 0 Å². The van der Waals surface area contributed by atoms with E-state index < -0.39 is 15.7 Å². The minimum Gasteiger partial charge on any atom is -0.349 e. The van der Waals surface area contributed by atoms with Crippen molar-refractivity contribution in [2.75, 3.05) is 19.3 Å². The van der Waals surface area contributed by atoms with Crippen molar-refractivity contribution in [3.63, 3.8) is 0 Å². The molecule has 5 rings (SSSR count). The monoisotopic (exact) mass is 514 g/mol. The number of hydrogen-bond donors (Lipinski definition) is 1. The molecule has 4 aromatic rings. The third-order valence-electron chi connectivity index (χ3n) is 6.69. The Morgan fingerprint density at radius 2 is 1.62 bits per heavy atom. The molecule has 0 bridgehead atoms. The van der Waals surface area contributed by atoms with Crippen molar-refractivity contribution < 1.29 is 18.0 Å². The van der Waals surface area contributed by atoms with Crippen LogP contribution in [0.25, 0.3) is 11.0 Å². The van der Waals surface area contributed by atoms with Crippen LogP contribution >= 0.6 is 0 Å². The fourth-order valence-corrected chi connectivity index (χ4v) is 5.74. The molecular formula is C28H26N4O4S. The van der Waals surface area contributed by atoms with Crippen LogP contribution < -0.4 is 5.32 Å².